The van der Waals surface area contributed by atoms with Crippen LogP contribution in [0.25, 0.3) is 10.7 Å². The average molecular weight is 341 g/mol. The first kappa shape index (κ1) is 14.1. The molecular weight excluding hydrogens is 328 g/mol. The summed E-state index contributed by atoms with van der Waals surface area (Å²) >= 11 is 5.00. The fourth-order valence-electron chi connectivity index (χ4n) is 1.88. The topological polar surface area (TPSA) is 63.1 Å². The monoisotopic (exact) mass is 340 g/mol. The van der Waals surface area contributed by atoms with Gasteiger partial charge in [-0.1, -0.05) is 0 Å². The van der Waals surface area contributed by atoms with Crippen LogP contribution in [0.4, 0.5) is 0 Å². The molecule has 0 atom stereocenters. The van der Waals surface area contributed by atoms with E-state index in [4.69, 9.17) is 5.11 Å². The van der Waals surface area contributed by atoms with Crippen LogP contribution < -0.4 is 0 Å². The normalized spacial score (nSPS) is 10.7. The van der Waals surface area contributed by atoms with Gasteiger partial charge in [-0.2, -0.15) is 0 Å². The highest BCUT2D eigenvalue weighted by Gasteiger charge is 2.12. The number of carbonyl (C=O) groups is 1. The molecule has 0 saturated heterocycles. The Hall–Kier alpha value is -1.27. The van der Waals surface area contributed by atoms with Crippen molar-refractivity contribution >= 4 is 33.2 Å². The Kier molecular flexibility index (Phi) is 4.31. The van der Waals surface area contributed by atoms with Crippen LogP contribution in [0.5, 0.6) is 0 Å². The third kappa shape index (κ3) is 3.39. The van der Waals surface area contributed by atoms with Crippen LogP contribution in [-0.4, -0.2) is 21.0 Å². The van der Waals surface area contributed by atoms with E-state index in [9.17, 15) is 4.79 Å². The Morgan fingerprint density at radius 2 is 1.95 bits per heavy atom. The van der Waals surface area contributed by atoms with E-state index in [0.29, 0.717) is 12.2 Å². The molecule has 0 saturated carbocycles. The summed E-state index contributed by atoms with van der Waals surface area (Å²) < 4.78 is 1.04. The number of aryl methyl sites for hydroxylation is 2. The second-order valence-corrected chi connectivity index (χ2v) is 6.66. The second kappa shape index (κ2) is 5.79. The molecule has 2 aromatic heterocycles. The zero-order valence-electron chi connectivity index (χ0n) is 10.6. The summed E-state index contributed by atoms with van der Waals surface area (Å²) in [4.78, 5) is 20.6. The fourth-order valence-corrected chi connectivity index (χ4v) is 3.20. The van der Waals surface area contributed by atoms with E-state index in [1.165, 1.54) is 0 Å². The van der Waals surface area contributed by atoms with Crippen molar-refractivity contribution in [1.82, 2.24) is 9.97 Å². The minimum absolute atomic E-state index is 0.106. The molecule has 2 heterocycles. The Bertz CT molecular complexity index is 602. The second-order valence-electron chi connectivity index (χ2n) is 4.19. The van der Waals surface area contributed by atoms with E-state index in [1.54, 1.807) is 11.3 Å². The number of carboxylic acids is 1. The van der Waals surface area contributed by atoms with Crippen LogP contribution in [0.1, 0.15) is 23.4 Å². The SMILES string of the molecule is Cc1nc(-c2ccc(Br)s2)nc(C)c1CCC(=O)O. The molecule has 0 aromatic carbocycles. The molecule has 100 valence electrons. The van der Waals surface area contributed by atoms with Crippen LogP contribution in [0, 0.1) is 13.8 Å². The maximum absolute atomic E-state index is 10.6. The summed E-state index contributed by atoms with van der Waals surface area (Å²) in [6.45, 7) is 3.80. The number of hydrogen-bond donors (Lipinski definition) is 1. The largest absolute Gasteiger partial charge is 0.481 e. The maximum atomic E-state index is 10.6. The first-order chi connectivity index (χ1) is 8.97. The third-order valence-electron chi connectivity index (χ3n) is 2.80. The third-order valence-corrected chi connectivity index (χ3v) is 4.42. The Balaban J connectivity index is 2.33. The predicted molar refractivity (Wildman–Crippen MR) is 78.5 cm³/mol. The summed E-state index contributed by atoms with van der Waals surface area (Å²) in [5.41, 5.74) is 2.64. The first-order valence-electron chi connectivity index (χ1n) is 5.79. The van der Waals surface area contributed by atoms with Crippen LogP contribution in [0.2, 0.25) is 0 Å². The molecule has 0 bridgehead atoms. The molecule has 0 unspecified atom stereocenters. The van der Waals surface area contributed by atoms with Gasteiger partial charge in [-0.05, 0) is 53.9 Å². The summed E-state index contributed by atoms with van der Waals surface area (Å²) in [6, 6.07) is 3.94. The molecule has 6 heteroatoms. The Morgan fingerprint density at radius 3 is 2.42 bits per heavy atom. The van der Waals surface area contributed by atoms with E-state index < -0.39 is 5.97 Å². The number of aromatic nitrogens is 2. The van der Waals surface area contributed by atoms with E-state index in [1.807, 2.05) is 26.0 Å². The molecule has 19 heavy (non-hydrogen) atoms. The van der Waals surface area contributed by atoms with Gasteiger partial charge in [0.25, 0.3) is 0 Å². The number of nitrogens with zero attached hydrogens (tertiary/aromatic N) is 2. The zero-order chi connectivity index (χ0) is 14.0. The van der Waals surface area contributed by atoms with Gasteiger partial charge in [0.1, 0.15) is 0 Å². The molecule has 0 amide bonds. The highest BCUT2D eigenvalue weighted by atomic mass is 79.9. The lowest BCUT2D eigenvalue weighted by molar-refractivity contribution is -0.136. The fraction of sp³-hybridized carbons (Fsp3) is 0.308. The zero-order valence-corrected chi connectivity index (χ0v) is 13.0. The van der Waals surface area contributed by atoms with Crippen molar-refractivity contribution in [2.24, 2.45) is 0 Å². The van der Waals surface area contributed by atoms with Crippen molar-refractivity contribution in [2.45, 2.75) is 26.7 Å². The Labute approximate surface area is 123 Å². The number of thiophene rings is 1. The molecule has 4 nitrogen and oxygen atoms in total. The molecule has 0 fully saturated rings. The van der Waals surface area contributed by atoms with Crippen LogP contribution in [-0.2, 0) is 11.2 Å². The van der Waals surface area contributed by atoms with Crippen molar-refractivity contribution < 1.29 is 9.90 Å². The van der Waals surface area contributed by atoms with Gasteiger partial charge in [-0.3, -0.25) is 4.79 Å². The smallest absolute Gasteiger partial charge is 0.303 e. The molecule has 0 aliphatic rings. The molecular formula is C13H13BrN2O2S. The highest BCUT2D eigenvalue weighted by Crippen LogP contribution is 2.30. The average Bonchev–Trinajstić information content (AvgIpc) is 2.74. The van der Waals surface area contributed by atoms with Crippen LogP contribution >= 0.6 is 27.3 Å². The van der Waals surface area contributed by atoms with E-state index in [-0.39, 0.29) is 6.42 Å². The van der Waals surface area contributed by atoms with E-state index >= 15 is 0 Å². The van der Waals surface area contributed by atoms with Crippen molar-refractivity contribution in [3.63, 3.8) is 0 Å². The van der Waals surface area contributed by atoms with Crippen molar-refractivity contribution in [3.8, 4) is 10.7 Å². The maximum Gasteiger partial charge on any atom is 0.303 e. The van der Waals surface area contributed by atoms with Gasteiger partial charge in [0.2, 0.25) is 0 Å². The van der Waals surface area contributed by atoms with Crippen LogP contribution in [0.3, 0.4) is 0 Å². The number of rotatable bonds is 4. The number of carboxylic acid groups (broad SMARTS) is 1. The number of hydrogen-bond acceptors (Lipinski definition) is 4. The highest BCUT2D eigenvalue weighted by molar-refractivity contribution is 9.11. The summed E-state index contributed by atoms with van der Waals surface area (Å²) in [6.07, 6.45) is 0.580. The van der Waals surface area contributed by atoms with Gasteiger partial charge >= 0.3 is 5.97 Å². The quantitative estimate of drug-likeness (QED) is 0.923. The first-order valence-corrected chi connectivity index (χ1v) is 7.40. The van der Waals surface area contributed by atoms with Crippen molar-refractivity contribution in [2.75, 3.05) is 0 Å². The molecule has 0 spiro atoms. The van der Waals surface area contributed by atoms with Crippen LogP contribution in [0.15, 0.2) is 15.9 Å². The van der Waals surface area contributed by atoms with Gasteiger partial charge in [0, 0.05) is 17.8 Å². The number of aliphatic carboxylic acids is 1. The molecule has 0 aliphatic carbocycles. The minimum atomic E-state index is -0.801. The summed E-state index contributed by atoms with van der Waals surface area (Å²) in [5.74, 6) is -0.102. The van der Waals surface area contributed by atoms with E-state index in [2.05, 4.69) is 25.9 Å². The Morgan fingerprint density at radius 1 is 1.32 bits per heavy atom. The van der Waals surface area contributed by atoms with Gasteiger partial charge in [0.15, 0.2) is 5.82 Å². The minimum Gasteiger partial charge on any atom is -0.481 e. The van der Waals surface area contributed by atoms with Crippen molar-refractivity contribution in [3.05, 3.63) is 32.9 Å². The lowest BCUT2D eigenvalue weighted by Gasteiger charge is -2.09. The molecule has 2 rings (SSSR count). The molecule has 2 aromatic rings. The van der Waals surface area contributed by atoms with Gasteiger partial charge in [-0.25, -0.2) is 9.97 Å². The van der Waals surface area contributed by atoms with Crippen molar-refractivity contribution in [1.29, 1.82) is 0 Å². The van der Waals surface area contributed by atoms with E-state index in [0.717, 1.165) is 25.6 Å². The lowest BCUT2D eigenvalue weighted by atomic mass is 10.1. The molecule has 1 N–H and O–H groups in total. The standard InChI is InChI=1S/C13H13BrN2O2S/c1-7-9(3-6-12(17)18)8(2)16-13(15-7)10-4-5-11(14)19-10/h4-5H,3,6H2,1-2H3,(H,17,18). The summed E-state index contributed by atoms with van der Waals surface area (Å²) in [7, 11) is 0. The molecule has 0 radical (unpaired) electrons. The van der Waals surface area contributed by atoms with Gasteiger partial charge in [0.05, 0.1) is 8.66 Å². The van der Waals surface area contributed by atoms with Gasteiger partial charge in [-0.15, -0.1) is 11.3 Å². The molecule has 0 aliphatic heterocycles. The van der Waals surface area contributed by atoms with Gasteiger partial charge < -0.3 is 5.11 Å². The lowest BCUT2D eigenvalue weighted by Crippen LogP contribution is -2.05. The number of halogens is 1. The predicted octanol–water partition coefficient (Wildman–Crippen LogP) is 3.60. The summed E-state index contributed by atoms with van der Waals surface area (Å²) in [5, 5.41) is 8.75.